The summed E-state index contributed by atoms with van der Waals surface area (Å²) >= 11 is 0.847. The molecule has 26 heteroatoms. The predicted octanol–water partition coefficient (Wildman–Crippen LogP) is -1.35. The number of carboxylic acids is 1. The second-order valence-electron chi connectivity index (χ2n) is 11.4. The third-order valence-electron chi connectivity index (χ3n) is 7.21. The van der Waals surface area contributed by atoms with Gasteiger partial charge in [0.2, 0.25) is 29.5 Å². The number of alkyl halides is 6. The fourth-order valence-electron chi connectivity index (χ4n) is 4.61. The molecule has 19 nitrogen and oxygen atoms in total. The molecule has 3 atom stereocenters. The summed E-state index contributed by atoms with van der Waals surface area (Å²) < 4.78 is 75.2. The predicted molar refractivity (Wildman–Crippen MR) is 173 cm³/mol. The van der Waals surface area contributed by atoms with Gasteiger partial charge in [0.25, 0.3) is 0 Å². The van der Waals surface area contributed by atoms with Crippen molar-refractivity contribution in [2.45, 2.75) is 75.4 Å². The van der Waals surface area contributed by atoms with Crippen LogP contribution >= 0.6 is 11.3 Å². The van der Waals surface area contributed by atoms with E-state index in [2.05, 4.69) is 31.2 Å². The molecule has 54 heavy (non-hydrogen) atoms. The van der Waals surface area contributed by atoms with Gasteiger partial charge in [0.1, 0.15) is 18.1 Å². The van der Waals surface area contributed by atoms with Crippen LogP contribution in [0.25, 0.3) is 0 Å². The van der Waals surface area contributed by atoms with Crippen molar-refractivity contribution in [1.82, 2.24) is 36.5 Å². The lowest BCUT2D eigenvalue weighted by Gasteiger charge is -2.31. The van der Waals surface area contributed by atoms with Gasteiger partial charge in [-0.1, -0.05) is 0 Å². The van der Waals surface area contributed by atoms with E-state index >= 15 is 0 Å². The van der Waals surface area contributed by atoms with Crippen molar-refractivity contribution in [1.29, 1.82) is 0 Å². The number of aliphatic imine (C=N–C) groups is 1. The lowest BCUT2D eigenvalue weighted by Crippen LogP contribution is -2.56. The van der Waals surface area contributed by atoms with E-state index in [9.17, 15) is 69.8 Å². The standard InChI is InChI=1S/C28H36F6N10O9S/c1-44-16(6-4-8-37-25(35)43-24(53)28(32,33)34)21(50)38-11-18(46)41-15(10-19(47)48)20(49)42-26-39-13(12-54-26)9-17(45)40-14(22(44)51)5-2-3-7-36-23(52)27(29,30)31/h12,14-16H,2-11H2,1H3,(H,36,52)(H,38,50)(H,40,45)(H,41,46)(H,47,48)(H,39,42,49)(H3,35,37,43,53)/t14-,15+,16?/m1/s1. The highest BCUT2D eigenvalue weighted by molar-refractivity contribution is 7.14. The monoisotopic (exact) mass is 802 g/mol. The summed E-state index contributed by atoms with van der Waals surface area (Å²) in [5, 5.41) is 22.7. The molecule has 300 valence electrons. The van der Waals surface area contributed by atoms with E-state index < -0.39 is 110 Å². The number of nitrogens with zero attached hydrogens (tertiary/aromatic N) is 3. The minimum absolute atomic E-state index is 0.0261. The lowest BCUT2D eigenvalue weighted by atomic mass is 10.0. The second-order valence-corrected chi connectivity index (χ2v) is 12.3. The van der Waals surface area contributed by atoms with Gasteiger partial charge in [-0.3, -0.25) is 48.7 Å². The Labute approximate surface area is 305 Å². The summed E-state index contributed by atoms with van der Waals surface area (Å²) in [5.74, 6) is -11.7. The van der Waals surface area contributed by atoms with Crippen LogP contribution in [-0.4, -0.2) is 125 Å². The number of fused-ring (bicyclic) bond motifs is 2. The highest BCUT2D eigenvalue weighted by Gasteiger charge is 2.40. The van der Waals surface area contributed by atoms with Crippen molar-refractivity contribution in [3.8, 4) is 0 Å². The zero-order chi connectivity index (χ0) is 40.8. The summed E-state index contributed by atoms with van der Waals surface area (Å²) in [6.45, 7) is -1.67. The molecule has 2 rings (SSSR count). The Morgan fingerprint density at radius 1 is 0.963 bits per heavy atom. The molecular weight excluding hydrogens is 766 g/mol. The Morgan fingerprint density at radius 3 is 2.24 bits per heavy atom. The molecule has 0 aliphatic carbocycles. The highest BCUT2D eigenvalue weighted by Crippen LogP contribution is 2.18. The molecule has 9 N–H and O–H groups in total. The van der Waals surface area contributed by atoms with E-state index in [4.69, 9.17) is 5.73 Å². The first-order valence-electron chi connectivity index (χ1n) is 15.7. The van der Waals surface area contributed by atoms with E-state index in [1.807, 2.05) is 0 Å². The molecule has 0 spiro atoms. The summed E-state index contributed by atoms with van der Waals surface area (Å²) in [4.78, 5) is 108. The van der Waals surface area contributed by atoms with Crippen LogP contribution in [0.15, 0.2) is 10.4 Å². The van der Waals surface area contributed by atoms with Crippen molar-refractivity contribution in [3.63, 3.8) is 0 Å². The number of thiazole rings is 1. The number of anilines is 1. The number of nitrogens with one attached hydrogen (secondary N) is 6. The zero-order valence-corrected chi connectivity index (χ0v) is 29.0. The number of halogens is 6. The van der Waals surface area contributed by atoms with E-state index in [-0.39, 0.29) is 49.5 Å². The number of carboxylic acid groups (broad SMARTS) is 1. The van der Waals surface area contributed by atoms with Crippen molar-refractivity contribution in [2.75, 3.05) is 32.0 Å². The summed E-state index contributed by atoms with van der Waals surface area (Å²) in [6, 6.07) is -4.56. The molecule has 7 amide bonds. The average Bonchev–Trinajstić information content (AvgIpc) is 3.49. The van der Waals surface area contributed by atoms with Crippen molar-refractivity contribution < 1.29 is 69.8 Å². The Balaban J connectivity index is 2.37. The molecule has 0 saturated heterocycles. The van der Waals surface area contributed by atoms with Crippen LogP contribution in [-0.2, 0) is 44.8 Å². The van der Waals surface area contributed by atoms with Gasteiger partial charge in [0.15, 0.2) is 11.1 Å². The van der Waals surface area contributed by atoms with Crippen LogP contribution in [0, 0.1) is 0 Å². The maximum absolute atomic E-state index is 13.8. The van der Waals surface area contributed by atoms with Gasteiger partial charge >= 0.3 is 30.1 Å². The summed E-state index contributed by atoms with van der Waals surface area (Å²) in [7, 11) is 1.13. The van der Waals surface area contributed by atoms with Crippen LogP contribution in [0.5, 0.6) is 0 Å². The molecule has 1 aromatic heterocycles. The van der Waals surface area contributed by atoms with Crippen LogP contribution in [0.4, 0.5) is 31.5 Å². The van der Waals surface area contributed by atoms with Crippen LogP contribution in [0.3, 0.4) is 0 Å². The van der Waals surface area contributed by atoms with Crippen LogP contribution in [0.1, 0.15) is 44.2 Å². The SMILES string of the molecule is CN1C(=O)[C@@H](CCCCNC(=O)C(F)(F)F)NC(=O)Cc2csc(n2)NC(=O)[C@H](CC(=O)O)NC(=O)CNC(=O)C1CCCN=C(N)NC(=O)C(F)(F)F. The third kappa shape index (κ3) is 15.2. The quantitative estimate of drug-likeness (QED) is 0.0560. The number of aliphatic carboxylic acids is 1. The van der Waals surface area contributed by atoms with Gasteiger partial charge in [-0.2, -0.15) is 26.3 Å². The second kappa shape index (κ2) is 20.0. The summed E-state index contributed by atoms with van der Waals surface area (Å²) in [6.07, 6.45) is -12.5. The molecular formula is C28H36F6N10O9S. The largest absolute Gasteiger partial charge is 0.481 e. The topological polar surface area (TPSA) is 283 Å². The first-order chi connectivity index (χ1) is 25.1. The molecule has 1 aromatic rings. The number of likely N-dealkylation sites (N-methyl/N-ethyl adjacent to an activating group) is 1. The number of rotatable bonds is 11. The molecule has 1 unspecified atom stereocenters. The van der Waals surface area contributed by atoms with Crippen LogP contribution < -0.4 is 37.6 Å². The van der Waals surface area contributed by atoms with E-state index in [1.54, 1.807) is 5.32 Å². The number of amides is 7. The zero-order valence-electron chi connectivity index (χ0n) is 28.2. The molecule has 2 bridgehead atoms. The van der Waals surface area contributed by atoms with Gasteiger partial charge in [-0.15, -0.1) is 11.3 Å². The highest BCUT2D eigenvalue weighted by atomic mass is 32.1. The number of guanidine groups is 1. The lowest BCUT2D eigenvalue weighted by molar-refractivity contribution is -0.173. The third-order valence-corrected chi connectivity index (χ3v) is 8.01. The van der Waals surface area contributed by atoms with Gasteiger partial charge in [-0.05, 0) is 32.1 Å². The number of hydrogen-bond donors (Lipinski definition) is 8. The number of hydrogen-bond acceptors (Lipinski definition) is 11. The minimum atomic E-state index is -5.26. The number of aromatic nitrogens is 1. The first-order valence-corrected chi connectivity index (χ1v) is 16.6. The van der Waals surface area contributed by atoms with E-state index in [0.717, 1.165) is 23.3 Å². The molecule has 1 aliphatic heterocycles. The summed E-state index contributed by atoms with van der Waals surface area (Å²) in [5.41, 5.74) is 5.40. The van der Waals surface area contributed by atoms with Crippen molar-refractivity contribution in [3.05, 3.63) is 11.1 Å². The average molecular weight is 803 g/mol. The van der Waals surface area contributed by atoms with Gasteiger partial charge in [-0.25, -0.2) is 4.98 Å². The van der Waals surface area contributed by atoms with Crippen LogP contribution in [0.2, 0.25) is 0 Å². The fourth-order valence-corrected chi connectivity index (χ4v) is 5.32. The van der Waals surface area contributed by atoms with Crippen molar-refractivity contribution >= 4 is 69.7 Å². The van der Waals surface area contributed by atoms with Gasteiger partial charge < -0.3 is 42.3 Å². The molecule has 0 aromatic carbocycles. The molecule has 2 heterocycles. The van der Waals surface area contributed by atoms with Crippen molar-refractivity contribution in [2.24, 2.45) is 10.7 Å². The smallest absolute Gasteiger partial charge is 0.471 e. The minimum Gasteiger partial charge on any atom is -0.481 e. The Hall–Kier alpha value is -5.56. The van der Waals surface area contributed by atoms with E-state index in [1.165, 1.54) is 10.7 Å². The van der Waals surface area contributed by atoms with Gasteiger partial charge in [0.05, 0.1) is 25.1 Å². The van der Waals surface area contributed by atoms with E-state index in [0.29, 0.717) is 0 Å². The van der Waals surface area contributed by atoms with Gasteiger partial charge in [0, 0.05) is 25.5 Å². The number of unbranched alkanes of at least 4 members (excludes halogenated alkanes) is 1. The molecule has 0 fully saturated rings. The molecule has 0 saturated carbocycles. The Kier molecular flexibility index (Phi) is 16.6. The number of nitrogens with two attached hydrogens (primary N) is 1. The Bertz CT molecular complexity index is 1600. The number of carbonyl (C=O) groups is 8. The maximum Gasteiger partial charge on any atom is 0.471 e. The maximum atomic E-state index is 13.8. The molecule has 1 aliphatic rings. The first kappa shape index (κ1) is 44.6. The molecule has 0 radical (unpaired) electrons. The Morgan fingerprint density at radius 2 is 1.61 bits per heavy atom. The fraction of sp³-hybridized carbons (Fsp3) is 0.571. The number of carbonyl (C=O) groups excluding carboxylic acids is 7. The normalized spacial score (nSPS) is 19.8.